The Bertz CT molecular complexity index is 2050. The Hall–Kier alpha value is -6.06. The number of rotatable bonds is 8. The zero-order chi connectivity index (χ0) is 38.8. The molecule has 4 rings (SSSR count). The van der Waals surface area contributed by atoms with Crippen LogP contribution in [0.25, 0.3) is 0 Å². The summed E-state index contributed by atoms with van der Waals surface area (Å²) < 4.78 is 0. The summed E-state index contributed by atoms with van der Waals surface area (Å²) in [4.78, 5) is 94.9. The molecule has 0 radical (unpaired) electrons. The van der Waals surface area contributed by atoms with Gasteiger partial charge in [-0.05, 0) is 97.8 Å². The molecule has 0 spiro atoms. The minimum atomic E-state index is -0.710. The van der Waals surface area contributed by atoms with E-state index < -0.39 is 23.8 Å². The van der Waals surface area contributed by atoms with E-state index >= 15 is 0 Å². The largest absolute Gasteiger partial charge is 0.366 e. The quantitative estimate of drug-likeness (QED) is 0.0847. The maximum atomic E-state index is 12.2. The molecule has 18 heteroatoms. The molecule has 0 bridgehead atoms. The van der Waals surface area contributed by atoms with Crippen LogP contribution in [0.4, 0.5) is 27.5 Å². The Balaban J connectivity index is 0.000000869. The number of carbonyl (C=O) groups excluding carboxylic acids is 8. The molecule has 7 amide bonds. The summed E-state index contributed by atoms with van der Waals surface area (Å²) in [7, 11) is 1.51. The van der Waals surface area contributed by atoms with E-state index in [1.165, 1.54) is 80.7 Å². The van der Waals surface area contributed by atoms with Crippen molar-refractivity contribution in [2.45, 2.75) is 20.8 Å². The van der Waals surface area contributed by atoms with Gasteiger partial charge in [-0.3, -0.25) is 29.3 Å². The summed E-state index contributed by atoms with van der Waals surface area (Å²) in [5.74, 6) is -2.15. The summed E-state index contributed by atoms with van der Waals surface area (Å²) >= 11 is 0. The summed E-state index contributed by atoms with van der Waals surface area (Å²) in [6.45, 7) is 4.96. The Morgan fingerprint density at radius 3 is 1.57 bits per heavy atom. The monoisotopic (exact) mass is 978 g/mol. The number of amides is 7. The van der Waals surface area contributed by atoms with Gasteiger partial charge < -0.3 is 27.4 Å². The molecule has 8 N–H and O–H groups in total. The van der Waals surface area contributed by atoms with E-state index in [9.17, 15) is 38.4 Å². The maximum absolute atomic E-state index is 12.2. The van der Waals surface area contributed by atoms with Crippen molar-refractivity contribution in [3.63, 3.8) is 0 Å². The topological polar surface area (TPSA) is 261 Å². The fourth-order valence-electron chi connectivity index (χ4n) is 3.97. The molecule has 0 aliphatic rings. The molecule has 0 aliphatic carbocycles. The summed E-state index contributed by atoms with van der Waals surface area (Å²) in [5.41, 5.74) is 14.8. The molecule has 0 aromatic heterocycles. The molecular weight excluding hydrogens is 941 g/mol. The Kier molecular flexibility index (Phi) is 21.5. The second-order valence-electron chi connectivity index (χ2n) is 10.5. The van der Waals surface area contributed by atoms with E-state index in [0.29, 0.717) is 39.4 Å². The molecule has 0 aliphatic heterocycles. The third-order valence-corrected chi connectivity index (χ3v) is 6.66. The number of urea groups is 1. The molecule has 54 heavy (non-hydrogen) atoms. The number of hydrogen-bond donors (Lipinski definition) is 6. The van der Waals surface area contributed by atoms with Crippen molar-refractivity contribution in [3.8, 4) is 0 Å². The Morgan fingerprint density at radius 1 is 0.630 bits per heavy atom. The van der Waals surface area contributed by atoms with Crippen LogP contribution >= 0.6 is 9.90 Å². The van der Waals surface area contributed by atoms with E-state index in [4.69, 9.17) is 11.5 Å². The number of nitrogens with zero attached hydrogens (tertiary/aromatic N) is 2. The van der Waals surface area contributed by atoms with E-state index in [1.807, 2.05) is 0 Å². The van der Waals surface area contributed by atoms with Crippen molar-refractivity contribution in [2.75, 3.05) is 17.7 Å². The molecule has 1 atom stereocenters. The van der Waals surface area contributed by atoms with Crippen molar-refractivity contribution in [2.24, 2.45) is 21.5 Å². The van der Waals surface area contributed by atoms with Gasteiger partial charge in [0.1, 0.15) is 0 Å². The van der Waals surface area contributed by atoms with Crippen molar-refractivity contribution in [3.05, 3.63) is 118 Å². The molecule has 0 saturated heterocycles. The molecule has 0 fully saturated rings. The number of isocyanates is 2. The number of benzene rings is 4. The van der Waals surface area contributed by atoms with Crippen LogP contribution in [0.5, 0.6) is 0 Å². The predicted molar refractivity (Wildman–Crippen MR) is 203 cm³/mol. The molecule has 0 saturated carbocycles. The third-order valence-electron chi connectivity index (χ3n) is 6.66. The SMILES string of the molecule is CNC(=O)c1ccc(C(=O)NC(=O)Nc2cc(NC(C)=O)ccc2C)cc1.Cc1ccc(N=C=O)cc1N=C=O.NC(=O)c1ccc(C(N)=O)cc1.P.[U]. The van der Waals surface area contributed by atoms with Crippen molar-refractivity contribution in [1.82, 2.24) is 10.6 Å². The second-order valence-corrected chi connectivity index (χ2v) is 10.5. The summed E-state index contributed by atoms with van der Waals surface area (Å²) in [5, 5.41) is 9.90. The first-order valence-corrected chi connectivity index (χ1v) is 15.0. The molecule has 0 heterocycles. The van der Waals surface area contributed by atoms with Crippen LogP contribution in [0.1, 0.15) is 59.5 Å². The van der Waals surface area contributed by atoms with Gasteiger partial charge in [-0.25, -0.2) is 14.4 Å². The number of aryl methyl sites for hydroxylation is 2. The molecular formula is C36H37N8O8PU. The number of nitrogens with one attached hydrogen (secondary N) is 4. The van der Waals surface area contributed by atoms with Gasteiger partial charge in [-0.15, -0.1) is 0 Å². The average Bonchev–Trinajstić information content (AvgIpc) is 3.11. The number of carbonyl (C=O) groups is 6. The normalized spacial score (nSPS) is 9.04. The zero-order valence-electron chi connectivity index (χ0n) is 29.6. The van der Waals surface area contributed by atoms with Gasteiger partial charge in [0.2, 0.25) is 29.9 Å². The van der Waals surface area contributed by atoms with Gasteiger partial charge in [-0.2, -0.15) is 19.9 Å². The van der Waals surface area contributed by atoms with Crippen LogP contribution in [0.2, 0.25) is 0 Å². The van der Waals surface area contributed by atoms with Crippen LogP contribution in [0, 0.1) is 45.0 Å². The van der Waals surface area contributed by atoms with Crippen LogP contribution in [0.3, 0.4) is 0 Å². The van der Waals surface area contributed by atoms with Crippen LogP contribution in [-0.4, -0.2) is 54.8 Å². The fourth-order valence-corrected chi connectivity index (χ4v) is 3.97. The first kappa shape index (κ1) is 47.9. The first-order chi connectivity index (χ1) is 24.7. The van der Waals surface area contributed by atoms with E-state index in [0.717, 1.165) is 11.1 Å². The average molecular weight is 979 g/mol. The van der Waals surface area contributed by atoms with Gasteiger partial charge in [0.05, 0.1) is 11.4 Å². The first-order valence-electron chi connectivity index (χ1n) is 15.0. The number of primary amides is 2. The number of anilines is 2. The number of hydrogen-bond acceptors (Lipinski definition) is 10. The minimum absolute atomic E-state index is 0. The maximum Gasteiger partial charge on any atom is 0.326 e. The van der Waals surface area contributed by atoms with E-state index in [2.05, 4.69) is 31.3 Å². The summed E-state index contributed by atoms with van der Waals surface area (Å²) in [6.07, 6.45) is 2.84. The van der Waals surface area contributed by atoms with Crippen molar-refractivity contribution in [1.29, 1.82) is 0 Å². The van der Waals surface area contributed by atoms with Gasteiger partial charge in [0, 0.05) is 78.7 Å². The third kappa shape index (κ3) is 16.1. The molecule has 4 aromatic carbocycles. The fraction of sp³-hybridized carbons (Fsp3) is 0.111. The smallest absolute Gasteiger partial charge is 0.326 e. The molecule has 278 valence electrons. The number of aliphatic imine (C=N–C) groups is 2. The number of nitrogens with two attached hydrogens (primary N) is 2. The number of imide groups is 1. The van der Waals surface area contributed by atoms with Gasteiger partial charge >= 0.3 is 6.03 Å². The van der Waals surface area contributed by atoms with Crippen LogP contribution in [-0.2, 0) is 14.4 Å². The van der Waals surface area contributed by atoms with Crippen molar-refractivity contribution >= 4 is 80.4 Å². The van der Waals surface area contributed by atoms with E-state index in [-0.39, 0.29) is 58.4 Å². The van der Waals surface area contributed by atoms with Crippen LogP contribution in [0.15, 0.2) is 94.9 Å². The summed E-state index contributed by atoms with van der Waals surface area (Å²) in [6, 6.07) is 20.9. The van der Waals surface area contributed by atoms with Crippen LogP contribution < -0.4 is 32.7 Å². The second kappa shape index (κ2) is 24.2. The van der Waals surface area contributed by atoms with Gasteiger partial charge in [-0.1, -0.05) is 12.1 Å². The zero-order valence-corrected chi connectivity index (χ0v) is 35.2. The Morgan fingerprint density at radius 2 is 1.11 bits per heavy atom. The van der Waals surface area contributed by atoms with E-state index in [1.54, 1.807) is 44.2 Å². The minimum Gasteiger partial charge on any atom is -0.366 e. The van der Waals surface area contributed by atoms with Crippen molar-refractivity contribution < 1.29 is 69.5 Å². The standard InChI is InChI=1S/C19H20N4O4.C9H6N2O2.C8H8N2O2.H3P.U/c1-11-4-9-15(21-12(2)24)10-16(11)22-19(27)23-18(26)14-7-5-13(6-8-14)17(25)20-3;1-7-2-3-8(10-5-12)4-9(7)11-6-13;9-7(11)5-1-2-6(4-3-5)8(10)12;;/h4-10H,1-3H3,(H,20,25)(H,21,24)(H2,22,23,26,27);2-4H,1H3;1-4H,(H2,9,11)(H2,10,12);1H3;. The molecule has 1 unspecified atom stereocenters. The predicted octanol–water partition coefficient (Wildman–Crippen LogP) is 4.15. The molecule has 16 nitrogen and oxygen atoms in total. The van der Waals surface area contributed by atoms with Gasteiger partial charge in [0.25, 0.3) is 11.8 Å². The molecule has 4 aromatic rings. The van der Waals surface area contributed by atoms with Gasteiger partial charge in [0.15, 0.2) is 0 Å². The Labute approximate surface area is 337 Å².